The van der Waals surface area contributed by atoms with E-state index in [1.54, 1.807) is 37.5 Å². The number of carbonyl (C=O) groups is 1. The predicted octanol–water partition coefficient (Wildman–Crippen LogP) is 3.11. The predicted molar refractivity (Wildman–Crippen MR) is 112 cm³/mol. The average Bonchev–Trinajstić information content (AvgIpc) is 2.71. The number of nitrogens with two attached hydrogens (primary N) is 1. The second kappa shape index (κ2) is 9.72. The smallest absolute Gasteiger partial charge is 0.258 e. The fourth-order valence-electron chi connectivity index (χ4n) is 2.35. The number of nitrogens with zero attached hydrogens (tertiary/aromatic N) is 3. The fraction of sp³-hybridized carbons (Fsp3) is 0.0952. The molecule has 2 rings (SSSR count). The molecule has 0 heterocycles. The van der Waals surface area contributed by atoms with Crippen molar-refractivity contribution in [3.63, 3.8) is 0 Å². The SMILES string of the molecule is C=C(/C=C\C=N/N)/N=C/c1cccc(N(C)C(=O)c2ccc(OC)c(O)c2)c1. The highest BCUT2D eigenvalue weighted by Gasteiger charge is 2.15. The zero-order chi connectivity index (χ0) is 20.5. The zero-order valence-electron chi connectivity index (χ0n) is 15.7. The molecule has 7 nitrogen and oxygen atoms in total. The van der Waals surface area contributed by atoms with Crippen molar-refractivity contribution in [3.8, 4) is 11.5 Å². The number of hydrazone groups is 1. The number of phenols is 1. The Morgan fingerprint density at radius 2 is 2.07 bits per heavy atom. The molecule has 3 N–H and O–H groups in total. The average molecular weight is 378 g/mol. The van der Waals surface area contributed by atoms with Crippen LogP contribution < -0.4 is 15.5 Å². The minimum Gasteiger partial charge on any atom is -0.504 e. The van der Waals surface area contributed by atoms with Gasteiger partial charge in [-0.3, -0.25) is 9.79 Å². The number of carbonyl (C=O) groups excluding carboxylic acids is 1. The van der Waals surface area contributed by atoms with Gasteiger partial charge in [-0.2, -0.15) is 5.10 Å². The van der Waals surface area contributed by atoms with Gasteiger partial charge in [-0.05, 0) is 48.0 Å². The van der Waals surface area contributed by atoms with E-state index in [4.69, 9.17) is 10.6 Å². The van der Waals surface area contributed by atoms with Gasteiger partial charge >= 0.3 is 0 Å². The summed E-state index contributed by atoms with van der Waals surface area (Å²) in [6.07, 6.45) is 6.38. The number of anilines is 1. The van der Waals surface area contributed by atoms with Gasteiger partial charge in [0, 0.05) is 30.7 Å². The number of methoxy groups -OCH3 is 1. The van der Waals surface area contributed by atoms with Gasteiger partial charge in [-0.1, -0.05) is 18.7 Å². The summed E-state index contributed by atoms with van der Waals surface area (Å²) in [7, 11) is 3.11. The Kier molecular flexibility index (Phi) is 7.10. The third kappa shape index (κ3) is 5.31. The molecule has 0 unspecified atom stereocenters. The third-order valence-corrected chi connectivity index (χ3v) is 3.83. The number of ether oxygens (including phenoxy) is 1. The first kappa shape index (κ1) is 20.4. The molecule has 144 valence electrons. The number of hydrogen-bond acceptors (Lipinski definition) is 6. The Morgan fingerprint density at radius 3 is 2.75 bits per heavy atom. The first-order valence-electron chi connectivity index (χ1n) is 8.34. The molecule has 2 aromatic rings. The Hall–Kier alpha value is -3.87. The van der Waals surface area contributed by atoms with E-state index in [-0.39, 0.29) is 11.7 Å². The maximum atomic E-state index is 12.7. The van der Waals surface area contributed by atoms with E-state index in [2.05, 4.69) is 16.7 Å². The number of aliphatic imine (C=N–C) groups is 1. The zero-order valence-corrected chi connectivity index (χ0v) is 15.7. The summed E-state index contributed by atoms with van der Waals surface area (Å²) in [5, 5.41) is 13.2. The second-order valence-electron chi connectivity index (χ2n) is 5.75. The highest BCUT2D eigenvalue weighted by molar-refractivity contribution is 6.06. The Bertz CT molecular complexity index is 948. The van der Waals surface area contributed by atoms with E-state index in [9.17, 15) is 9.90 Å². The number of aromatic hydroxyl groups is 1. The maximum absolute atomic E-state index is 12.7. The number of rotatable bonds is 7. The second-order valence-corrected chi connectivity index (χ2v) is 5.75. The van der Waals surface area contributed by atoms with Gasteiger partial charge in [-0.25, -0.2) is 0 Å². The van der Waals surface area contributed by atoms with Crippen LogP contribution in [-0.4, -0.2) is 37.6 Å². The molecular formula is C21H22N4O3. The molecule has 0 fully saturated rings. The molecule has 0 saturated carbocycles. The Morgan fingerprint density at radius 1 is 1.29 bits per heavy atom. The van der Waals surface area contributed by atoms with Crippen LogP contribution in [0.25, 0.3) is 0 Å². The lowest BCUT2D eigenvalue weighted by Crippen LogP contribution is -2.26. The summed E-state index contributed by atoms with van der Waals surface area (Å²) in [4.78, 5) is 18.4. The first-order valence-corrected chi connectivity index (χ1v) is 8.34. The lowest BCUT2D eigenvalue weighted by molar-refractivity contribution is 0.0992. The van der Waals surface area contributed by atoms with Gasteiger partial charge in [0.15, 0.2) is 11.5 Å². The van der Waals surface area contributed by atoms with Crippen LogP contribution >= 0.6 is 0 Å². The van der Waals surface area contributed by atoms with Gasteiger partial charge in [-0.15, -0.1) is 0 Å². The van der Waals surface area contributed by atoms with E-state index < -0.39 is 0 Å². The molecule has 0 aliphatic rings. The van der Waals surface area contributed by atoms with E-state index in [0.717, 1.165) is 5.56 Å². The van der Waals surface area contributed by atoms with Gasteiger partial charge in [0.2, 0.25) is 0 Å². The largest absolute Gasteiger partial charge is 0.504 e. The minimum absolute atomic E-state index is 0.0890. The summed E-state index contributed by atoms with van der Waals surface area (Å²) in [5.74, 6) is 4.97. The van der Waals surface area contributed by atoms with E-state index in [1.807, 2.05) is 24.3 Å². The van der Waals surface area contributed by atoms with E-state index in [0.29, 0.717) is 22.7 Å². The quantitative estimate of drug-likeness (QED) is 0.335. The van der Waals surface area contributed by atoms with Crippen molar-refractivity contribution in [2.45, 2.75) is 0 Å². The van der Waals surface area contributed by atoms with Gasteiger partial charge in [0.25, 0.3) is 5.91 Å². The van der Waals surface area contributed by atoms with Gasteiger partial charge in [0.1, 0.15) is 0 Å². The summed E-state index contributed by atoms with van der Waals surface area (Å²) in [6.45, 7) is 3.80. The van der Waals surface area contributed by atoms with Crippen LogP contribution in [0.4, 0.5) is 5.69 Å². The Labute approximate surface area is 163 Å². The number of benzene rings is 2. The number of allylic oxidation sites excluding steroid dienone is 2. The summed E-state index contributed by atoms with van der Waals surface area (Å²) in [5.41, 5.74) is 2.36. The molecule has 0 bridgehead atoms. The van der Waals surface area contributed by atoms with Crippen molar-refractivity contribution in [1.29, 1.82) is 0 Å². The maximum Gasteiger partial charge on any atom is 0.258 e. The van der Waals surface area contributed by atoms with Crippen molar-refractivity contribution >= 4 is 24.0 Å². The normalized spacial score (nSPS) is 11.4. The van der Waals surface area contributed by atoms with Crippen LogP contribution in [0.3, 0.4) is 0 Å². The topological polar surface area (TPSA) is 101 Å². The van der Waals surface area contributed by atoms with Gasteiger partial charge < -0.3 is 20.6 Å². The number of phenolic OH excluding ortho intramolecular Hbond substituents is 1. The van der Waals surface area contributed by atoms with Crippen LogP contribution in [0, 0.1) is 0 Å². The van der Waals surface area contributed by atoms with Crippen LogP contribution in [0.15, 0.2) is 77.0 Å². The fourth-order valence-corrected chi connectivity index (χ4v) is 2.35. The number of amides is 1. The molecule has 7 heteroatoms. The molecule has 0 aliphatic carbocycles. The molecular weight excluding hydrogens is 356 g/mol. The molecule has 0 spiro atoms. The molecule has 0 atom stereocenters. The molecule has 0 aliphatic heterocycles. The number of hydrogen-bond donors (Lipinski definition) is 2. The summed E-state index contributed by atoms with van der Waals surface area (Å²) >= 11 is 0. The highest BCUT2D eigenvalue weighted by atomic mass is 16.5. The monoisotopic (exact) mass is 378 g/mol. The standard InChI is InChI=1S/C21H22N4O3/c1-15(6-5-11-24-22)23-14-16-7-4-8-18(12-16)25(2)21(27)17-9-10-20(28-3)19(26)13-17/h4-14,26H,1,22H2,2-3H3/b6-5-,23-14+,24-11-. The van der Waals surface area contributed by atoms with Crippen LogP contribution in [0.5, 0.6) is 11.5 Å². The minimum atomic E-state index is -0.263. The first-order chi connectivity index (χ1) is 13.5. The van der Waals surface area contributed by atoms with Crippen molar-refractivity contribution in [2.75, 3.05) is 19.1 Å². The molecule has 0 saturated heterocycles. The van der Waals surface area contributed by atoms with E-state index in [1.165, 1.54) is 24.3 Å². The lowest BCUT2D eigenvalue weighted by Gasteiger charge is -2.18. The van der Waals surface area contributed by atoms with Crippen molar-refractivity contribution in [3.05, 3.63) is 78.0 Å². The molecule has 1 amide bonds. The van der Waals surface area contributed by atoms with Crippen LogP contribution in [0.2, 0.25) is 0 Å². The van der Waals surface area contributed by atoms with Crippen molar-refractivity contribution in [1.82, 2.24) is 0 Å². The summed E-state index contributed by atoms with van der Waals surface area (Å²) < 4.78 is 5.00. The van der Waals surface area contributed by atoms with Crippen LogP contribution in [0.1, 0.15) is 15.9 Å². The molecule has 2 aromatic carbocycles. The highest BCUT2D eigenvalue weighted by Crippen LogP contribution is 2.27. The molecule has 0 radical (unpaired) electrons. The van der Waals surface area contributed by atoms with Crippen LogP contribution in [-0.2, 0) is 0 Å². The van der Waals surface area contributed by atoms with Crippen molar-refractivity contribution < 1.29 is 14.6 Å². The summed E-state index contributed by atoms with van der Waals surface area (Å²) in [6, 6.07) is 11.9. The van der Waals surface area contributed by atoms with Crippen molar-refractivity contribution in [2.24, 2.45) is 15.9 Å². The molecule has 28 heavy (non-hydrogen) atoms. The lowest BCUT2D eigenvalue weighted by atomic mass is 10.1. The van der Waals surface area contributed by atoms with E-state index >= 15 is 0 Å². The molecule has 0 aromatic heterocycles. The Balaban J connectivity index is 2.17. The van der Waals surface area contributed by atoms with Gasteiger partial charge in [0.05, 0.1) is 12.8 Å². The third-order valence-electron chi connectivity index (χ3n) is 3.83.